The number of pyridine rings is 1. The maximum atomic E-state index is 13.5. The Hall–Kier alpha value is -2.23. The zero-order valence-corrected chi connectivity index (χ0v) is 25.4. The number of fused-ring (bicyclic) bond motifs is 1. The molecule has 9 heteroatoms. The molecular formula is C30H44N4O3S2. The normalized spacial score (nSPS) is 14.7. The van der Waals surface area contributed by atoms with E-state index in [1.54, 1.807) is 17.2 Å². The van der Waals surface area contributed by atoms with Crippen molar-refractivity contribution in [1.82, 2.24) is 14.3 Å². The summed E-state index contributed by atoms with van der Waals surface area (Å²) in [6, 6.07) is 3.76. The number of nitrogens with one attached hydrogen (secondary N) is 1. The zero-order chi connectivity index (χ0) is 28.0. The number of nitrogens with zero attached hydrogens (tertiary/aromatic N) is 3. The minimum Gasteiger partial charge on any atom is -0.382 e. The number of anilines is 1. The van der Waals surface area contributed by atoms with E-state index >= 15 is 0 Å². The van der Waals surface area contributed by atoms with Crippen LogP contribution < -0.4 is 10.9 Å². The molecule has 0 aliphatic carbocycles. The third-order valence-electron chi connectivity index (χ3n) is 6.85. The van der Waals surface area contributed by atoms with Gasteiger partial charge in [0, 0.05) is 32.5 Å². The summed E-state index contributed by atoms with van der Waals surface area (Å²) in [5.74, 6) is 0.345. The van der Waals surface area contributed by atoms with Crippen molar-refractivity contribution in [1.29, 1.82) is 0 Å². The molecule has 214 valence electrons. The highest BCUT2D eigenvalue weighted by molar-refractivity contribution is 8.26. The van der Waals surface area contributed by atoms with Crippen molar-refractivity contribution in [3.8, 4) is 0 Å². The van der Waals surface area contributed by atoms with Gasteiger partial charge in [0.2, 0.25) is 0 Å². The second kappa shape index (κ2) is 16.8. The molecule has 3 heterocycles. The van der Waals surface area contributed by atoms with Crippen LogP contribution in [0.15, 0.2) is 28.0 Å². The van der Waals surface area contributed by atoms with Gasteiger partial charge in [-0.25, -0.2) is 4.98 Å². The number of aromatic nitrogens is 2. The van der Waals surface area contributed by atoms with Crippen LogP contribution in [0.3, 0.4) is 0 Å². The maximum Gasteiger partial charge on any atom is 0.267 e. The molecule has 1 aliphatic rings. The molecule has 0 unspecified atom stereocenters. The summed E-state index contributed by atoms with van der Waals surface area (Å²) < 4.78 is 7.52. The Morgan fingerprint density at radius 1 is 1.00 bits per heavy atom. The molecule has 2 aromatic heterocycles. The minimum absolute atomic E-state index is 0.128. The summed E-state index contributed by atoms with van der Waals surface area (Å²) in [6.45, 7) is 8.67. The molecule has 3 rings (SSSR count). The number of amides is 1. The van der Waals surface area contributed by atoms with Crippen LogP contribution in [0.2, 0.25) is 0 Å². The van der Waals surface area contributed by atoms with Crippen LogP contribution >= 0.6 is 24.0 Å². The lowest BCUT2D eigenvalue weighted by Crippen LogP contribution is -2.29. The van der Waals surface area contributed by atoms with E-state index in [1.807, 2.05) is 26.0 Å². The molecule has 0 bridgehead atoms. The molecule has 2 aromatic rings. The highest BCUT2D eigenvalue weighted by atomic mass is 32.2. The fraction of sp³-hybridized carbons (Fsp3) is 0.600. The second-order valence-corrected chi connectivity index (χ2v) is 11.8. The molecule has 1 amide bonds. The van der Waals surface area contributed by atoms with Crippen LogP contribution in [-0.2, 0) is 9.53 Å². The van der Waals surface area contributed by atoms with E-state index in [0.717, 1.165) is 24.8 Å². The van der Waals surface area contributed by atoms with E-state index in [9.17, 15) is 9.59 Å². The van der Waals surface area contributed by atoms with Crippen molar-refractivity contribution in [2.45, 2.75) is 91.4 Å². The van der Waals surface area contributed by atoms with Crippen LogP contribution in [0.4, 0.5) is 5.82 Å². The predicted molar refractivity (Wildman–Crippen MR) is 168 cm³/mol. The average molecular weight is 573 g/mol. The molecule has 1 saturated heterocycles. The Bertz CT molecular complexity index is 1190. The summed E-state index contributed by atoms with van der Waals surface area (Å²) in [5.41, 5.74) is 1.67. The SMILES string of the molecule is CCCCCCCCCCCCN1C(=O)C(=Cc2c(NCCCOCC)nc3ccc(C)cn3c2=O)SC1=S. The van der Waals surface area contributed by atoms with Crippen molar-refractivity contribution in [3.63, 3.8) is 0 Å². The maximum absolute atomic E-state index is 13.5. The first-order valence-corrected chi connectivity index (χ1v) is 15.8. The number of carbonyl (C=O) groups is 1. The fourth-order valence-corrected chi connectivity index (χ4v) is 5.92. The summed E-state index contributed by atoms with van der Waals surface area (Å²) in [7, 11) is 0. The Morgan fingerprint density at radius 2 is 1.69 bits per heavy atom. The fourth-order valence-electron chi connectivity index (χ4n) is 4.63. The van der Waals surface area contributed by atoms with E-state index in [4.69, 9.17) is 21.9 Å². The number of rotatable bonds is 18. The first-order chi connectivity index (χ1) is 19.0. The first kappa shape index (κ1) is 31.3. The Balaban J connectivity index is 1.65. The van der Waals surface area contributed by atoms with Crippen LogP contribution in [-0.4, -0.2) is 50.8 Å². The van der Waals surface area contributed by atoms with Gasteiger partial charge in [0.25, 0.3) is 11.5 Å². The molecule has 1 fully saturated rings. The second-order valence-electron chi connectivity index (χ2n) is 10.1. The van der Waals surface area contributed by atoms with Gasteiger partial charge in [0.15, 0.2) is 0 Å². The molecule has 0 atom stereocenters. The average Bonchev–Trinajstić information content (AvgIpc) is 3.19. The molecule has 39 heavy (non-hydrogen) atoms. The molecule has 1 N–H and O–H groups in total. The van der Waals surface area contributed by atoms with Gasteiger partial charge in [-0.2, -0.15) is 0 Å². The van der Waals surface area contributed by atoms with Crippen molar-refractivity contribution >= 4 is 51.7 Å². The third kappa shape index (κ3) is 9.43. The minimum atomic E-state index is -0.212. The number of hydrogen-bond donors (Lipinski definition) is 1. The number of aryl methyl sites for hydroxylation is 1. The van der Waals surface area contributed by atoms with Crippen LogP contribution in [0.1, 0.15) is 95.6 Å². The lowest BCUT2D eigenvalue weighted by molar-refractivity contribution is -0.122. The van der Waals surface area contributed by atoms with Gasteiger partial charge in [-0.1, -0.05) is 94.8 Å². The predicted octanol–water partition coefficient (Wildman–Crippen LogP) is 6.96. The van der Waals surface area contributed by atoms with Crippen LogP contribution in [0.25, 0.3) is 11.7 Å². The third-order valence-corrected chi connectivity index (χ3v) is 8.23. The molecule has 0 spiro atoms. The Kier molecular flexibility index (Phi) is 13.5. The van der Waals surface area contributed by atoms with Gasteiger partial charge in [-0.05, 0) is 44.4 Å². The van der Waals surface area contributed by atoms with Crippen LogP contribution in [0, 0.1) is 6.92 Å². The lowest BCUT2D eigenvalue weighted by atomic mass is 10.1. The van der Waals surface area contributed by atoms with Crippen molar-refractivity contribution < 1.29 is 9.53 Å². The largest absolute Gasteiger partial charge is 0.382 e. The quantitative estimate of drug-likeness (QED) is 0.118. The van der Waals surface area contributed by atoms with Gasteiger partial charge in [-0.3, -0.25) is 18.9 Å². The van der Waals surface area contributed by atoms with Gasteiger partial charge < -0.3 is 10.1 Å². The van der Waals surface area contributed by atoms with Crippen LogP contribution in [0.5, 0.6) is 0 Å². The molecule has 1 aliphatic heterocycles. The molecule has 0 aromatic carbocycles. The van der Waals surface area contributed by atoms with E-state index in [-0.39, 0.29) is 11.5 Å². The smallest absolute Gasteiger partial charge is 0.267 e. The number of unbranched alkanes of at least 4 members (excludes halogenated alkanes) is 9. The van der Waals surface area contributed by atoms with E-state index < -0.39 is 0 Å². The monoisotopic (exact) mass is 572 g/mol. The Labute approximate surface area is 242 Å². The van der Waals surface area contributed by atoms with E-state index in [0.29, 0.717) is 52.6 Å². The summed E-state index contributed by atoms with van der Waals surface area (Å²) >= 11 is 6.81. The van der Waals surface area contributed by atoms with Gasteiger partial charge in [0.05, 0.1) is 10.5 Å². The van der Waals surface area contributed by atoms with Gasteiger partial charge in [-0.15, -0.1) is 0 Å². The molecule has 7 nitrogen and oxygen atoms in total. The number of ether oxygens (including phenoxy) is 1. The van der Waals surface area contributed by atoms with Crippen molar-refractivity contribution in [3.05, 3.63) is 44.7 Å². The molecular weight excluding hydrogens is 528 g/mol. The van der Waals surface area contributed by atoms with Crippen molar-refractivity contribution in [2.75, 3.05) is 31.6 Å². The van der Waals surface area contributed by atoms with Crippen molar-refractivity contribution in [2.24, 2.45) is 0 Å². The Morgan fingerprint density at radius 3 is 2.38 bits per heavy atom. The van der Waals surface area contributed by atoms with Gasteiger partial charge >= 0.3 is 0 Å². The lowest BCUT2D eigenvalue weighted by Gasteiger charge is -2.14. The number of hydrogen-bond acceptors (Lipinski definition) is 7. The summed E-state index contributed by atoms with van der Waals surface area (Å²) in [4.78, 5) is 33.6. The summed E-state index contributed by atoms with van der Waals surface area (Å²) in [5, 5.41) is 3.29. The summed E-state index contributed by atoms with van der Waals surface area (Å²) in [6.07, 6.45) is 16.6. The molecule has 0 saturated carbocycles. The number of thioether (sulfide) groups is 1. The number of carbonyl (C=O) groups excluding carboxylic acids is 1. The first-order valence-electron chi connectivity index (χ1n) is 14.6. The standard InChI is InChI=1S/C30H44N4O3S2/c1-4-6-7-8-9-10-11-12-13-14-19-33-29(36)25(39-30(33)38)21-24-27(31-18-15-20-37-5-2)32-26-17-16-23(3)22-34(26)28(24)35/h16-17,21-22,31H,4-15,18-20H2,1-3H3. The van der Waals surface area contributed by atoms with E-state index in [2.05, 4.69) is 12.2 Å². The highest BCUT2D eigenvalue weighted by Crippen LogP contribution is 2.33. The highest BCUT2D eigenvalue weighted by Gasteiger charge is 2.32. The van der Waals surface area contributed by atoms with E-state index in [1.165, 1.54) is 67.5 Å². The molecule has 0 radical (unpaired) electrons. The topological polar surface area (TPSA) is 75.9 Å². The number of thiocarbonyl (C=S) groups is 1. The zero-order valence-electron chi connectivity index (χ0n) is 23.8. The van der Waals surface area contributed by atoms with Gasteiger partial charge in [0.1, 0.15) is 15.8 Å².